The van der Waals surface area contributed by atoms with Crippen molar-refractivity contribution >= 4 is 18.4 Å². The first-order valence-corrected chi connectivity index (χ1v) is 4.51. The number of rotatable bonds is 1. The predicted molar refractivity (Wildman–Crippen MR) is 56.3 cm³/mol. The summed E-state index contributed by atoms with van der Waals surface area (Å²) in [6.45, 7) is 2.08. The summed E-state index contributed by atoms with van der Waals surface area (Å²) < 4.78 is 0. The quantitative estimate of drug-likeness (QED) is 0.707. The third kappa shape index (κ3) is 2.52. The molecular formula is C8H14ClN5. The molecule has 78 valence electrons. The molecule has 2 heterocycles. The van der Waals surface area contributed by atoms with Gasteiger partial charge in [-0.3, -0.25) is 0 Å². The highest BCUT2D eigenvalue weighted by atomic mass is 35.5. The second kappa shape index (κ2) is 5.07. The van der Waals surface area contributed by atoms with Crippen LogP contribution >= 0.6 is 12.4 Å². The summed E-state index contributed by atoms with van der Waals surface area (Å²) in [6, 6.07) is 0. The molecule has 5 nitrogen and oxygen atoms in total. The molecule has 0 bridgehead atoms. The highest BCUT2D eigenvalue weighted by Gasteiger charge is 2.17. The largest absolute Gasteiger partial charge is 0.368 e. The van der Waals surface area contributed by atoms with Crippen LogP contribution in [0.15, 0.2) is 6.33 Å². The number of hydrogen-bond acceptors (Lipinski definition) is 5. The van der Waals surface area contributed by atoms with Gasteiger partial charge in [-0.25, -0.2) is 9.97 Å². The molecule has 1 aromatic rings. The second-order valence-electron chi connectivity index (χ2n) is 3.23. The standard InChI is InChI=1S/C8H13N5.ClH/c9-8-12-5-11-7(13-8)6-1-3-10-4-2-6;/h5-6,10H,1-4H2,(H2,9,11,12,13);1H. The number of aromatic nitrogens is 3. The topological polar surface area (TPSA) is 76.7 Å². The molecule has 1 aromatic heterocycles. The van der Waals surface area contributed by atoms with E-state index in [1.54, 1.807) is 0 Å². The summed E-state index contributed by atoms with van der Waals surface area (Å²) in [5.41, 5.74) is 5.49. The first-order valence-electron chi connectivity index (χ1n) is 4.51. The minimum Gasteiger partial charge on any atom is -0.368 e. The maximum absolute atomic E-state index is 5.49. The van der Waals surface area contributed by atoms with Crippen molar-refractivity contribution in [2.45, 2.75) is 18.8 Å². The Morgan fingerprint density at radius 2 is 2.00 bits per heavy atom. The minimum absolute atomic E-state index is 0. The molecule has 6 heteroatoms. The lowest BCUT2D eigenvalue weighted by molar-refractivity contribution is 0.444. The molecule has 0 saturated carbocycles. The molecular weight excluding hydrogens is 202 g/mol. The van der Waals surface area contributed by atoms with E-state index in [0.29, 0.717) is 11.9 Å². The average Bonchev–Trinajstić information content (AvgIpc) is 2.19. The maximum Gasteiger partial charge on any atom is 0.223 e. The van der Waals surface area contributed by atoms with Crippen LogP contribution < -0.4 is 11.1 Å². The number of anilines is 1. The minimum atomic E-state index is 0. The summed E-state index contributed by atoms with van der Waals surface area (Å²) in [6.07, 6.45) is 3.66. The number of nitrogens with one attached hydrogen (secondary N) is 1. The van der Waals surface area contributed by atoms with Gasteiger partial charge in [-0.15, -0.1) is 12.4 Å². The van der Waals surface area contributed by atoms with Crippen LogP contribution in [-0.2, 0) is 0 Å². The molecule has 14 heavy (non-hydrogen) atoms. The Kier molecular flexibility index (Phi) is 4.03. The number of nitrogens with two attached hydrogens (primary N) is 1. The lowest BCUT2D eigenvalue weighted by Gasteiger charge is -2.20. The molecule has 0 amide bonds. The van der Waals surface area contributed by atoms with E-state index in [0.717, 1.165) is 31.8 Å². The zero-order chi connectivity index (χ0) is 9.10. The lowest BCUT2D eigenvalue weighted by Crippen LogP contribution is -2.27. The van der Waals surface area contributed by atoms with Gasteiger partial charge >= 0.3 is 0 Å². The van der Waals surface area contributed by atoms with Crippen LogP contribution in [-0.4, -0.2) is 28.0 Å². The van der Waals surface area contributed by atoms with Gasteiger partial charge < -0.3 is 11.1 Å². The van der Waals surface area contributed by atoms with E-state index < -0.39 is 0 Å². The Balaban J connectivity index is 0.000000980. The summed E-state index contributed by atoms with van der Waals surface area (Å²) in [5, 5.41) is 3.30. The van der Waals surface area contributed by atoms with Crippen molar-refractivity contribution in [1.82, 2.24) is 20.3 Å². The zero-order valence-electron chi connectivity index (χ0n) is 7.81. The van der Waals surface area contributed by atoms with Crippen LogP contribution in [0.5, 0.6) is 0 Å². The zero-order valence-corrected chi connectivity index (χ0v) is 8.63. The summed E-state index contributed by atoms with van der Waals surface area (Å²) >= 11 is 0. The molecule has 3 N–H and O–H groups in total. The Labute approximate surface area is 89.0 Å². The van der Waals surface area contributed by atoms with Crippen molar-refractivity contribution in [3.63, 3.8) is 0 Å². The molecule has 2 rings (SSSR count). The van der Waals surface area contributed by atoms with E-state index in [2.05, 4.69) is 20.3 Å². The Bertz CT molecular complexity index is 287. The van der Waals surface area contributed by atoms with Crippen LogP contribution in [0.4, 0.5) is 5.95 Å². The first-order chi connectivity index (χ1) is 6.36. The van der Waals surface area contributed by atoms with Gasteiger partial charge in [0.1, 0.15) is 12.2 Å². The number of piperidine rings is 1. The van der Waals surface area contributed by atoms with E-state index in [9.17, 15) is 0 Å². The van der Waals surface area contributed by atoms with Crippen LogP contribution in [0.1, 0.15) is 24.6 Å². The Morgan fingerprint density at radius 1 is 1.29 bits per heavy atom. The molecule has 1 aliphatic heterocycles. The van der Waals surface area contributed by atoms with Gasteiger partial charge in [0.15, 0.2) is 0 Å². The van der Waals surface area contributed by atoms with Gasteiger partial charge in [-0.05, 0) is 25.9 Å². The smallest absolute Gasteiger partial charge is 0.223 e. The molecule has 0 spiro atoms. The Morgan fingerprint density at radius 3 is 2.64 bits per heavy atom. The molecule has 0 aliphatic carbocycles. The highest BCUT2D eigenvalue weighted by Crippen LogP contribution is 2.21. The van der Waals surface area contributed by atoms with Gasteiger partial charge in [0.25, 0.3) is 0 Å². The molecule has 0 atom stereocenters. The molecule has 0 unspecified atom stereocenters. The van der Waals surface area contributed by atoms with Crippen molar-refractivity contribution in [2.75, 3.05) is 18.8 Å². The predicted octanol–water partition coefficient (Wildman–Crippen LogP) is 0.343. The van der Waals surface area contributed by atoms with Crippen molar-refractivity contribution in [1.29, 1.82) is 0 Å². The number of nitrogen functional groups attached to an aromatic ring is 1. The van der Waals surface area contributed by atoms with Crippen molar-refractivity contribution in [2.24, 2.45) is 0 Å². The molecule has 0 radical (unpaired) electrons. The van der Waals surface area contributed by atoms with Crippen molar-refractivity contribution in [3.05, 3.63) is 12.2 Å². The number of halogens is 1. The number of nitrogens with zero attached hydrogens (tertiary/aromatic N) is 3. The molecule has 0 aromatic carbocycles. The van der Waals surface area contributed by atoms with Crippen molar-refractivity contribution in [3.8, 4) is 0 Å². The van der Waals surface area contributed by atoms with Gasteiger partial charge in [0.2, 0.25) is 5.95 Å². The van der Waals surface area contributed by atoms with E-state index in [1.165, 1.54) is 6.33 Å². The van der Waals surface area contributed by atoms with Gasteiger partial charge in [0, 0.05) is 5.92 Å². The second-order valence-corrected chi connectivity index (χ2v) is 3.23. The fourth-order valence-corrected chi connectivity index (χ4v) is 1.60. The van der Waals surface area contributed by atoms with Gasteiger partial charge in [-0.2, -0.15) is 4.98 Å². The lowest BCUT2D eigenvalue weighted by atomic mass is 9.97. The van der Waals surface area contributed by atoms with Crippen LogP contribution in [0.3, 0.4) is 0 Å². The molecule has 1 aliphatic rings. The van der Waals surface area contributed by atoms with Crippen molar-refractivity contribution < 1.29 is 0 Å². The third-order valence-electron chi connectivity index (χ3n) is 2.31. The van der Waals surface area contributed by atoms with Crippen LogP contribution in [0, 0.1) is 0 Å². The summed E-state index contributed by atoms with van der Waals surface area (Å²) in [4.78, 5) is 12.0. The highest BCUT2D eigenvalue weighted by molar-refractivity contribution is 5.85. The summed E-state index contributed by atoms with van der Waals surface area (Å²) in [5.74, 6) is 1.61. The fourth-order valence-electron chi connectivity index (χ4n) is 1.60. The monoisotopic (exact) mass is 215 g/mol. The third-order valence-corrected chi connectivity index (χ3v) is 2.31. The molecule has 1 fully saturated rings. The van der Waals surface area contributed by atoms with E-state index in [-0.39, 0.29) is 12.4 Å². The summed E-state index contributed by atoms with van der Waals surface area (Å²) in [7, 11) is 0. The first kappa shape index (κ1) is 11.1. The van der Waals surface area contributed by atoms with Gasteiger partial charge in [0.05, 0.1) is 0 Å². The average molecular weight is 216 g/mol. The number of hydrogen-bond donors (Lipinski definition) is 2. The maximum atomic E-state index is 5.49. The SMILES string of the molecule is Cl.Nc1ncnc(C2CCNCC2)n1. The van der Waals surface area contributed by atoms with E-state index in [1.807, 2.05) is 0 Å². The van der Waals surface area contributed by atoms with Crippen LogP contribution in [0.25, 0.3) is 0 Å². The van der Waals surface area contributed by atoms with E-state index in [4.69, 9.17) is 5.73 Å². The normalized spacial score (nSPS) is 17.4. The Hall–Kier alpha value is -0.940. The fraction of sp³-hybridized carbons (Fsp3) is 0.625. The van der Waals surface area contributed by atoms with Gasteiger partial charge in [-0.1, -0.05) is 0 Å². The van der Waals surface area contributed by atoms with Crippen LogP contribution in [0.2, 0.25) is 0 Å². The van der Waals surface area contributed by atoms with E-state index >= 15 is 0 Å². The molecule has 1 saturated heterocycles.